The SMILES string of the molecule is CC(C)c1ccc(C(O)C(=O)CCCO[Si](C)(C)C(C)(C)C)cc1. The van der Waals surface area contributed by atoms with Gasteiger partial charge in [0.15, 0.2) is 14.1 Å². The monoisotopic (exact) mass is 350 g/mol. The first kappa shape index (κ1) is 21.1. The van der Waals surface area contributed by atoms with E-state index in [9.17, 15) is 9.90 Å². The van der Waals surface area contributed by atoms with Crippen LogP contribution in [0.3, 0.4) is 0 Å². The second kappa shape index (κ2) is 8.41. The van der Waals surface area contributed by atoms with Crippen LogP contribution in [0, 0.1) is 0 Å². The molecular formula is C20H34O3Si. The highest BCUT2D eigenvalue weighted by molar-refractivity contribution is 6.74. The zero-order valence-corrected chi connectivity index (χ0v) is 17.3. The highest BCUT2D eigenvalue weighted by Gasteiger charge is 2.36. The Morgan fingerprint density at radius 1 is 1.12 bits per heavy atom. The summed E-state index contributed by atoms with van der Waals surface area (Å²) in [6.07, 6.45) is -0.0205. The molecule has 0 spiro atoms. The number of Topliss-reactive ketones (excluding diaryl/α,β-unsaturated/α-hetero) is 1. The summed E-state index contributed by atoms with van der Waals surface area (Å²) >= 11 is 0. The summed E-state index contributed by atoms with van der Waals surface area (Å²) in [6, 6.07) is 7.67. The lowest BCUT2D eigenvalue weighted by Gasteiger charge is -2.36. The summed E-state index contributed by atoms with van der Waals surface area (Å²) < 4.78 is 6.08. The van der Waals surface area contributed by atoms with E-state index in [1.165, 1.54) is 5.56 Å². The van der Waals surface area contributed by atoms with Crippen molar-refractivity contribution in [2.24, 2.45) is 0 Å². The molecular weight excluding hydrogens is 316 g/mol. The molecule has 1 aromatic carbocycles. The van der Waals surface area contributed by atoms with Crippen molar-refractivity contribution in [3.63, 3.8) is 0 Å². The average molecular weight is 351 g/mol. The van der Waals surface area contributed by atoms with Gasteiger partial charge in [-0.15, -0.1) is 0 Å². The molecule has 1 aromatic rings. The number of hydrogen-bond acceptors (Lipinski definition) is 3. The van der Waals surface area contributed by atoms with Crippen molar-refractivity contribution in [1.82, 2.24) is 0 Å². The summed E-state index contributed by atoms with van der Waals surface area (Å²) in [4.78, 5) is 12.2. The number of hydrogen-bond donors (Lipinski definition) is 1. The molecule has 0 aliphatic rings. The Hall–Kier alpha value is -0.973. The molecule has 0 amide bonds. The van der Waals surface area contributed by atoms with Gasteiger partial charge in [0.05, 0.1) is 0 Å². The van der Waals surface area contributed by atoms with Crippen LogP contribution in [0.1, 0.15) is 70.6 Å². The fraction of sp³-hybridized carbons (Fsp3) is 0.650. The van der Waals surface area contributed by atoms with Crippen molar-refractivity contribution in [2.75, 3.05) is 6.61 Å². The van der Waals surface area contributed by atoms with Crippen molar-refractivity contribution in [1.29, 1.82) is 0 Å². The Labute approximate surface area is 148 Å². The molecule has 0 radical (unpaired) electrons. The van der Waals surface area contributed by atoms with Crippen molar-refractivity contribution < 1.29 is 14.3 Å². The van der Waals surface area contributed by atoms with Gasteiger partial charge in [-0.05, 0) is 41.6 Å². The Morgan fingerprint density at radius 2 is 1.62 bits per heavy atom. The van der Waals surface area contributed by atoms with Crippen LogP contribution in [0.5, 0.6) is 0 Å². The van der Waals surface area contributed by atoms with Crippen molar-refractivity contribution in [2.45, 2.75) is 77.6 Å². The minimum atomic E-state index is -1.76. The fourth-order valence-electron chi connectivity index (χ4n) is 2.18. The van der Waals surface area contributed by atoms with Crippen LogP contribution in [-0.2, 0) is 9.22 Å². The van der Waals surface area contributed by atoms with Crippen molar-refractivity contribution >= 4 is 14.1 Å². The number of carbonyl (C=O) groups is 1. The Kier molecular flexibility index (Phi) is 7.38. The Bertz CT molecular complexity index is 527. The van der Waals surface area contributed by atoms with E-state index in [1.54, 1.807) is 0 Å². The van der Waals surface area contributed by atoms with E-state index >= 15 is 0 Å². The van der Waals surface area contributed by atoms with Crippen LogP contribution in [0.4, 0.5) is 0 Å². The summed E-state index contributed by atoms with van der Waals surface area (Å²) in [5.74, 6) is 0.311. The highest BCUT2D eigenvalue weighted by atomic mass is 28.4. The van der Waals surface area contributed by atoms with E-state index in [2.05, 4.69) is 47.7 Å². The van der Waals surface area contributed by atoms with Gasteiger partial charge < -0.3 is 9.53 Å². The molecule has 0 fully saturated rings. The molecule has 3 nitrogen and oxygen atoms in total. The lowest BCUT2D eigenvalue weighted by Crippen LogP contribution is -2.41. The van der Waals surface area contributed by atoms with Crippen LogP contribution >= 0.6 is 0 Å². The van der Waals surface area contributed by atoms with E-state index in [1.807, 2.05) is 24.3 Å². The standard InChI is InChI=1S/C20H34O3Si/c1-15(2)16-10-12-17(13-11-16)19(22)18(21)9-8-14-23-24(6,7)20(3,4)5/h10-13,15,19,22H,8-9,14H2,1-7H3. The minimum Gasteiger partial charge on any atom is -0.417 e. The predicted octanol–water partition coefficient (Wildman–Crippen LogP) is 5.21. The lowest BCUT2D eigenvalue weighted by atomic mass is 9.97. The van der Waals surface area contributed by atoms with Gasteiger partial charge >= 0.3 is 0 Å². The quantitative estimate of drug-likeness (QED) is 0.517. The first-order valence-electron chi connectivity index (χ1n) is 8.90. The predicted molar refractivity (Wildman–Crippen MR) is 103 cm³/mol. The van der Waals surface area contributed by atoms with Gasteiger partial charge in [-0.3, -0.25) is 4.79 Å². The maximum Gasteiger partial charge on any atom is 0.191 e. The Morgan fingerprint density at radius 3 is 2.08 bits per heavy atom. The van der Waals surface area contributed by atoms with Crippen molar-refractivity contribution in [3.8, 4) is 0 Å². The van der Waals surface area contributed by atoms with Gasteiger partial charge in [-0.1, -0.05) is 58.9 Å². The number of rotatable bonds is 8. The molecule has 136 valence electrons. The maximum absolute atomic E-state index is 12.2. The average Bonchev–Trinajstić information content (AvgIpc) is 2.49. The summed E-state index contributed by atoms with van der Waals surface area (Å²) in [5, 5.41) is 10.4. The zero-order valence-electron chi connectivity index (χ0n) is 16.3. The third kappa shape index (κ3) is 5.83. The fourth-order valence-corrected chi connectivity index (χ4v) is 3.26. The van der Waals surface area contributed by atoms with E-state index < -0.39 is 14.4 Å². The van der Waals surface area contributed by atoms with Crippen LogP contribution in [0.25, 0.3) is 0 Å². The lowest BCUT2D eigenvalue weighted by molar-refractivity contribution is -0.127. The van der Waals surface area contributed by atoms with Crippen LogP contribution < -0.4 is 0 Å². The Balaban J connectivity index is 2.48. The number of aliphatic hydroxyl groups excluding tert-OH is 1. The molecule has 1 rings (SSSR count). The summed E-state index contributed by atoms with van der Waals surface area (Å²) in [5.41, 5.74) is 1.89. The van der Waals surface area contributed by atoms with Crippen LogP contribution in [0.15, 0.2) is 24.3 Å². The smallest absolute Gasteiger partial charge is 0.191 e. The third-order valence-electron chi connectivity index (χ3n) is 5.06. The molecule has 0 aromatic heterocycles. The van der Waals surface area contributed by atoms with Gasteiger partial charge in [0, 0.05) is 13.0 Å². The van der Waals surface area contributed by atoms with E-state index in [0.717, 1.165) is 0 Å². The molecule has 0 aliphatic heterocycles. The van der Waals surface area contributed by atoms with Gasteiger partial charge in [-0.25, -0.2) is 0 Å². The largest absolute Gasteiger partial charge is 0.417 e. The van der Waals surface area contributed by atoms with Gasteiger partial charge in [0.25, 0.3) is 0 Å². The van der Waals surface area contributed by atoms with Gasteiger partial charge in [0.1, 0.15) is 6.10 Å². The summed E-state index contributed by atoms with van der Waals surface area (Å²) in [7, 11) is -1.76. The van der Waals surface area contributed by atoms with Gasteiger partial charge in [0.2, 0.25) is 0 Å². The van der Waals surface area contributed by atoms with Crippen LogP contribution in [-0.4, -0.2) is 25.8 Å². The summed E-state index contributed by atoms with van der Waals surface area (Å²) in [6.45, 7) is 15.9. The van der Waals surface area contributed by atoms with E-state index in [-0.39, 0.29) is 10.8 Å². The molecule has 1 atom stereocenters. The molecule has 24 heavy (non-hydrogen) atoms. The first-order valence-corrected chi connectivity index (χ1v) is 11.8. The number of carbonyl (C=O) groups excluding carboxylic acids is 1. The third-order valence-corrected chi connectivity index (χ3v) is 9.60. The first-order chi connectivity index (χ1) is 11.0. The molecule has 0 saturated carbocycles. The van der Waals surface area contributed by atoms with E-state index in [4.69, 9.17) is 4.43 Å². The zero-order chi connectivity index (χ0) is 18.5. The van der Waals surface area contributed by atoms with Crippen molar-refractivity contribution in [3.05, 3.63) is 35.4 Å². The topological polar surface area (TPSA) is 46.5 Å². The van der Waals surface area contributed by atoms with Crippen LogP contribution in [0.2, 0.25) is 18.1 Å². The highest BCUT2D eigenvalue weighted by Crippen LogP contribution is 2.36. The van der Waals surface area contributed by atoms with E-state index in [0.29, 0.717) is 30.9 Å². The maximum atomic E-state index is 12.2. The normalized spacial score (nSPS) is 14.0. The molecule has 0 saturated heterocycles. The second-order valence-electron chi connectivity index (χ2n) is 8.40. The molecule has 0 aliphatic carbocycles. The second-order valence-corrected chi connectivity index (χ2v) is 13.2. The number of aliphatic hydroxyl groups is 1. The molecule has 4 heteroatoms. The molecule has 1 N–H and O–H groups in total. The molecule has 1 unspecified atom stereocenters. The van der Waals surface area contributed by atoms with Gasteiger partial charge in [-0.2, -0.15) is 0 Å². The number of ketones is 1. The molecule has 0 heterocycles. The molecule has 0 bridgehead atoms. The minimum absolute atomic E-state index is 0.133. The number of benzene rings is 1.